The zero-order valence-electron chi connectivity index (χ0n) is 23.2. The molecule has 2 fully saturated rings. The number of nitrogens with one attached hydrogen (secondary N) is 1. The zero-order chi connectivity index (χ0) is 30.9. The lowest BCUT2D eigenvalue weighted by molar-refractivity contribution is -0.388. The van der Waals surface area contributed by atoms with Gasteiger partial charge >= 0.3 is 6.18 Å². The van der Waals surface area contributed by atoms with E-state index in [-0.39, 0.29) is 24.7 Å². The number of nitro benzene ring substituents is 1. The Morgan fingerprint density at radius 2 is 1.81 bits per heavy atom. The second-order valence-electron chi connectivity index (χ2n) is 10.7. The number of nitro groups is 1. The number of carbonyl (C=O) groups is 1. The van der Waals surface area contributed by atoms with E-state index in [1.807, 2.05) is 6.92 Å². The standard InChI is InChI=1S/C27H30F3N5O6S2/c1-17-2-9-24-22(14-17)31-26(42-24)34-12-10-33(11-13-34)25(36)16-41-19-5-3-18(4-6-19)32-43(39,40)20-7-8-23(35(37)38)21(15-20)27(28,29)30/h2,7-9,14-15,18-19,32H,3-6,10-13,16H2,1H3. The second kappa shape index (κ2) is 12.3. The number of thiazole rings is 1. The Morgan fingerprint density at radius 1 is 1.12 bits per heavy atom. The van der Waals surface area contributed by atoms with Crippen LogP contribution in [0, 0.1) is 17.0 Å². The Balaban J connectivity index is 1.07. The van der Waals surface area contributed by atoms with Gasteiger partial charge in [0.05, 0.1) is 26.1 Å². The highest BCUT2D eigenvalue weighted by atomic mass is 32.2. The van der Waals surface area contributed by atoms with Gasteiger partial charge in [-0.25, -0.2) is 18.1 Å². The van der Waals surface area contributed by atoms with Crippen molar-refractivity contribution in [2.75, 3.05) is 37.7 Å². The first kappa shape index (κ1) is 31.1. The van der Waals surface area contributed by atoms with Crippen LogP contribution in [0.25, 0.3) is 10.2 Å². The van der Waals surface area contributed by atoms with E-state index in [2.05, 4.69) is 27.8 Å². The fourth-order valence-electron chi connectivity index (χ4n) is 5.29. The van der Waals surface area contributed by atoms with Gasteiger partial charge in [-0.1, -0.05) is 17.4 Å². The van der Waals surface area contributed by atoms with Crippen molar-refractivity contribution >= 4 is 48.3 Å². The summed E-state index contributed by atoms with van der Waals surface area (Å²) in [5.41, 5.74) is -0.727. The summed E-state index contributed by atoms with van der Waals surface area (Å²) in [4.78, 5) is 30.5. The molecule has 1 saturated carbocycles. The minimum Gasteiger partial charge on any atom is -0.368 e. The van der Waals surface area contributed by atoms with E-state index in [4.69, 9.17) is 9.72 Å². The highest BCUT2D eigenvalue weighted by Gasteiger charge is 2.40. The van der Waals surface area contributed by atoms with Crippen LogP contribution in [-0.2, 0) is 25.7 Å². The molecule has 0 radical (unpaired) electrons. The lowest BCUT2D eigenvalue weighted by Crippen LogP contribution is -2.50. The Kier molecular flexibility index (Phi) is 8.92. The molecule has 0 spiro atoms. The predicted molar refractivity (Wildman–Crippen MR) is 154 cm³/mol. The van der Waals surface area contributed by atoms with E-state index in [9.17, 15) is 36.5 Å². The highest BCUT2D eigenvalue weighted by Crippen LogP contribution is 2.37. The van der Waals surface area contributed by atoms with Gasteiger partial charge in [-0.3, -0.25) is 14.9 Å². The summed E-state index contributed by atoms with van der Waals surface area (Å²) in [6, 6.07) is 7.24. The van der Waals surface area contributed by atoms with Gasteiger partial charge in [0.15, 0.2) is 5.13 Å². The molecule has 2 heterocycles. The van der Waals surface area contributed by atoms with Crippen LogP contribution in [0.5, 0.6) is 0 Å². The molecule has 2 aliphatic rings. The normalized spacial score (nSPS) is 20.0. The van der Waals surface area contributed by atoms with Crippen LogP contribution in [0.2, 0.25) is 0 Å². The molecule has 3 aromatic rings. The number of amides is 1. The van der Waals surface area contributed by atoms with Gasteiger partial charge in [-0.15, -0.1) is 0 Å². The van der Waals surface area contributed by atoms with Crippen molar-refractivity contribution in [2.24, 2.45) is 0 Å². The Hall–Kier alpha value is -3.34. The lowest BCUT2D eigenvalue weighted by Gasteiger charge is -2.35. The molecule has 0 bridgehead atoms. The summed E-state index contributed by atoms with van der Waals surface area (Å²) in [5, 5.41) is 11.9. The van der Waals surface area contributed by atoms with Gasteiger partial charge in [0, 0.05) is 38.3 Å². The van der Waals surface area contributed by atoms with Crippen LogP contribution in [0.4, 0.5) is 24.0 Å². The number of nitrogens with zero attached hydrogens (tertiary/aromatic N) is 4. The smallest absolute Gasteiger partial charge is 0.368 e. The maximum Gasteiger partial charge on any atom is 0.423 e. The molecule has 0 atom stereocenters. The third kappa shape index (κ3) is 7.25. The van der Waals surface area contributed by atoms with Gasteiger partial charge in [0.25, 0.3) is 5.69 Å². The molecule has 11 nitrogen and oxygen atoms in total. The SMILES string of the molecule is Cc1ccc2sc(N3CCN(C(=O)COC4CCC(NS(=O)(=O)c5ccc([N+](=O)[O-])c(C(F)(F)F)c5)CC4)CC3)nc2c1. The molecule has 5 rings (SSSR count). The molecule has 1 aliphatic carbocycles. The minimum absolute atomic E-state index is 0.0928. The van der Waals surface area contributed by atoms with Crippen molar-refractivity contribution in [2.45, 2.75) is 55.8 Å². The van der Waals surface area contributed by atoms with E-state index in [1.165, 1.54) is 0 Å². The van der Waals surface area contributed by atoms with E-state index in [0.29, 0.717) is 57.9 Å². The monoisotopic (exact) mass is 641 g/mol. The van der Waals surface area contributed by atoms with E-state index in [1.54, 1.807) is 16.2 Å². The molecule has 43 heavy (non-hydrogen) atoms. The number of hydrogen-bond donors (Lipinski definition) is 1. The molecule has 1 aromatic heterocycles. The number of carbonyl (C=O) groups excluding carboxylic acids is 1. The number of aromatic nitrogens is 1. The van der Waals surface area contributed by atoms with Gasteiger partial charge in [0.2, 0.25) is 15.9 Å². The number of halogens is 3. The summed E-state index contributed by atoms with van der Waals surface area (Å²) >= 11 is 1.63. The van der Waals surface area contributed by atoms with E-state index < -0.39 is 43.3 Å². The van der Waals surface area contributed by atoms with Crippen LogP contribution >= 0.6 is 11.3 Å². The van der Waals surface area contributed by atoms with Crippen molar-refractivity contribution in [1.82, 2.24) is 14.6 Å². The van der Waals surface area contributed by atoms with Crippen LogP contribution in [0.3, 0.4) is 0 Å². The van der Waals surface area contributed by atoms with Crippen molar-refractivity contribution in [3.8, 4) is 0 Å². The summed E-state index contributed by atoms with van der Waals surface area (Å²) in [6.07, 6.45) is -3.72. The van der Waals surface area contributed by atoms with Crippen LogP contribution < -0.4 is 9.62 Å². The summed E-state index contributed by atoms with van der Waals surface area (Å²) in [5.74, 6) is -0.124. The molecule has 1 amide bonds. The summed E-state index contributed by atoms with van der Waals surface area (Å²) in [7, 11) is -4.36. The van der Waals surface area contributed by atoms with Crippen LogP contribution in [0.15, 0.2) is 41.3 Å². The highest BCUT2D eigenvalue weighted by molar-refractivity contribution is 7.89. The molecule has 0 unspecified atom stereocenters. The number of piperazine rings is 1. The number of ether oxygens (including phenoxy) is 1. The molecular formula is C27H30F3N5O6S2. The zero-order valence-corrected chi connectivity index (χ0v) is 24.8. The first-order chi connectivity index (χ1) is 20.3. The van der Waals surface area contributed by atoms with Crippen molar-refractivity contribution in [3.05, 3.63) is 57.6 Å². The Morgan fingerprint density at radius 3 is 2.47 bits per heavy atom. The molecular weight excluding hydrogens is 611 g/mol. The largest absolute Gasteiger partial charge is 0.423 e. The number of benzene rings is 2. The Bertz CT molecular complexity index is 1610. The van der Waals surface area contributed by atoms with Gasteiger partial charge in [-0.2, -0.15) is 13.2 Å². The maximum absolute atomic E-state index is 13.3. The minimum atomic E-state index is -5.09. The summed E-state index contributed by atoms with van der Waals surface area (Å²) in [6.45, 7) is 4.35. The number of fused-ring (bicyclic) bond motifs is 1. The number of aryl methyl sites for hydroxylation is 1. The molecule has 1 saturated heterocycles. The molecule has 1 aliphatic heterocycles. The van der Waals surface area contributed by atoms with Gasteiger partial charge in [-0.05, 0) is 62.4 Å². The number of hydrogen-bond acceptors (Lipinski definition) is 9. The number of sulfonamides is 1. The lowest BCUT2D eigenvalue weighted by atomic mass is 9.94. The maximum atomic E-state index is 13.3. The Labute approximate surface area is 249 Å². The molecule has 2 aromatic carbocycles. The quantitative estimate of drug-likeness (QED) is 0.281. The van der Waals surface area contributed by atoms with Crippen LogP contribution in [-0.4, -0.2) is 74.1 Å². The summed E-state index contributed by atoms with van der Waals surface area (Å²) < 4.78 is 74.8. The molecule has 1 N–H and O–H groups in total. The topological polar surface area (TPSA) is 135 Å². The van der Waals surface area contributed by atoms with Crippen LogP contribution in [0.1, 0.15) is 36.8 Å². The van der Waals surface area contributed by atoms with Gasteiger partial charge in [0.1, 0.15) is 12.2 Å². The second-order valence-corrected chi connectivity index (χ2v) is 13.4. The fraction of sp³-hybridized carbons (Fsp3) is 0.481. The van der Waals surface area contributed by atoms with Crippen molar-refractivity contribution in [1.29, 1.82) is 0 Å². The third-order valence-corrected chi connectivity index (χ3v) is 10.3. The predicted octanol–water partition coefficient (Wildman–Crippen LogP) is 4.49. The number of alkyl halides is 3. The fourth-order valence-corrected chi connectivity index (χ4v) is 7.62. The van der Waals surface area contributed by atoms with Crippen molar-refractivity contribution in [3.63, 3.8) is 0 Å². The first-order valence-corrected chi connectivity index (χ1v) is 16.0. The number of anilines is 1. The van der Waals surface area contributed by atoms with Crippen molar-refractivity contribution < 1.29 is 36.0 Å². The average Bonchev–Trinajstić information content (AvgIpc) is 3.39. The van der Waals surface area contributed by atoms with E-state index in [0.717, 1.165) is 27.0 Å². The van der Waals surface area contributed by atoms with Gasteiger partial charge < -0.3 is 14.5 Å². The molecule has 232 valence electrons. The third-order valence-electron chi connectivity index (χ3n) is 7.65. The van der Waals surface area contributed by atoms with E-state index >= 15 is 0 Å². The molecule has 16 heteroatoms. The average molecular weight is 642 g/mol. The number of rotatable bonds is 8. The first-order valence-electron chi connectivity index (χ1n) is 13.7.